The van der Waals surface area contributed by atoms with Crippen molar-refractivity contribution in [1.29, 1.82) is 0 Å². The molecule has 0 amide bonds. The van der Waals surface area contributed by atoms with Crippen LogP contribution in [0.1, 0.15) is 11.1 Å². The lowest BCUT2D eigenvalue weighted by Gasteiger charge is -2.29. The Morgan fingerprint density at radius 1 is 0.277 bits per heavy atom. The first-order valence-electron chi connectivity index (χ1n) is 22.4. The molecule has 0 radical (unpaired) electrons. The van der Waals surface area contributed by atoms with Gasteiger partial charge in [0.2, 0.25) is 0 Å². The molecule has 0 aliphatic heterocycles. The number of hydrogen-bond acceptors (Lipinski definition) is 3. The Hall–Kier alpha value is -8.40. The molecule has 3 nitrogen and oxygen atoms in total. The molecule has 0 fully saturated rings. The van der Waals surface area contributed by atoms with Crippen molar-refractivity contribution in [3.63, 3.8) is 0 Å². The van der Waals surface area contributed by atoms with E-state index in [4.69, 9.17) is 4.42 Å². The fourth-order valence-corrected chi connectivity index (χ4v) is 10.5. The zero-order valence-corrected chi connectivity index (χ0v) is 36.1. The third-order valence-electron chi connectivity index (χ3n) is 13.5. The summed E-state index contributed by atoms with van der Waals surface area (Å²) in [6.07, 6.45) is 0. The number of aryl methyl sites for hydroxylation is 2. The van der Waals surface area contributed by atoms with E-state index < -0.39 is 0 Å². The van der Waals surface area contributed by atoms with E-state index in [1.54, 1.807) is 0 Å². The van der Waals surface area contributed by atoms with Crippen LogP contribution in [0, 0.1) is 13.8 Å². The summed E-state index contributed by atoms with van der Waals surface area (Å²) in [4.78, 5) is 4.88. The fraction of sp³-hybridized carbons (Fsp3) is 0.0323. The minimum Gasteiger partial charge on any atom is -0.456 e. The Kier molecular flexibility index (Phi) is 8.34. The maximum Gasteiger partial charge on any atom is 0.138 e. The minimum absolute atomic E-state index is 0.844. The Morgan fingerprint density at radius 3 is 0.954 bits per heavy atom. The second-order valence-corrected chi connectivity index (χ2v) is 17.4. The minimum atomic E-state index is 0.844. The van der Waals surface area contributed by atoms with Gasteiger partial charge >= 0.3 is 0 Å². The lowest BCUT2D eigenvalue weighted by molar-refractivity contribution is 0.669. The quantitative estimate of drug-likeness (QED) is 0.156. The molecular weight excluding hydrogens is 789 g/mol. The van der Waals surface area contributed by atoms with Crippen molar-refractivity contribution in [2.75, 3.05) is 9.80 Å². The summed E-state index contributed by atoms with van der Waals surface area (Å²) in [5.41, 5.74) is 10.6. The van der Waals surface area contributed by atoms with Crippen LogP contribution in [-0.2, 0) is 0 Å². The lowest BCUT2D eigenvalue weighted by Crippen LogP contribution is -2.11. The van der Waals surface area contributed by atoms with E-state index in [2.05, 4.69) is 242 Å². The van der Waals surface area contributed by atoms with Gasteiger partial charge in [-0.15, -0.1) is 0 Å². The van der Waals surface area contributed by atoms with E-state index in [9.17, 15) is 0 Å². The van der Waals surface area contributed by atoms with Crippen LogP contribution in [0.4, 0.5) is 34.1 Å². The fourth-order valence-electron chi connectivity index (χ4n) is 10.5. The van der Waals surface area contributed by atoms with Gasteiger partial charge in [-0.2, -0.15) is 0 Å². The molecule has 65 heavy (non-hydrogen) atoms. The van der Waals surface area contributed by atoms with Crippen LogP contribution in [0.15, 0.2) is 223 Å². The normalized spacial score (nSPS) is 11.8. The summed E-state index contributed by atoms with van der Waals surface area (Å²) < 4.78 is 7.29. The topological polar surface area (TPSA) is 19.6 Å². The highest BCUT2D eigenvalue weighted by Crippen LogP contribution is 2.51. The Bertz CT molecular complexity index is 3770. The summed E-state index contributed by atoms with van der Waals surface area (Å²) in [5.74, 6) is 0. The van der Waals surface area contributed by atoms with Crippen LogP contribution < -0.4 is 9.80 Å². The van der Waals surface area contributed by atoms with E-state index in [0.717, 1.165) is 77.6 Å². The molecule has 13 rings (SSSR count). The molecule has 1 aromatic heterocycles. The number of nitrogens with zero attached hydrogens (tertiary/aromatic N) is 2. The molecule has 0 saturated carbocycles. The van der Waals surface area contributed by atoms with Crippen LogP contribution in [0.2, 0.25) is 0 Å². The SMILES string of the molecule is Cc1ccc(N(c2cc3ccccc3c3ccccc23)c2cc3oc4cc(N(c5ccc(C)cc5)c5cc6ccccc6c6ccccc56)c5ccccc5c4c3c3ccccc23)cc1. The molecule has 13 aromatic rings. The zero-order valence-electron chi connectivity index (χ0n) is 36.1. The number of furan rings is 1. The van der Waals surface area contributed by atoms with Gasteiger partial charge in [0, 0.05) is 55.8 Å². The highest BCUT2D eigenvalue weighted by molar-refractivity contribution is 6.31. The largest absolute Gasteiger partial charge is 0.456 e. The maximum atomic E-state index is 7.29. The van der Waals surface area contributed by atoms with Crippen molar-refractivity contribution in [3.8, 4) is 0 Å². The molecule has 0 bridgehead atoms. The second-order valence-electron chi connectivity index (χ2n) is 17.4. The number of fused-ring (bicyclic) bond motifs is 13. The Morgan fingerprint density at radius 2 is 0.569 bits per heavy atom. The van der Waals surface area contributed by atoms with Gasteiger partial charge in [0.1, 0.15) is 11.2 Å². The lowest BCUT2D eigenvalue weighted by atomic mass is 9.95. The summed E-state index contributed by atoms with van der Waals surface area (Å²) in [5, 5.41) is 16.5. The number of hydrogen-bond donors (Lipinski definition) is 0. The number of benzene rings is 12. The number of rotatable bonds is 6. The molecule has 0 aliphatic rings. The molecule has 0 spiro atoms. The standard InChI is InChI=1S/C62H42N2O/c1-39-27-31-43(32-28-39)63(55-35-41-15-3-5-17-45(41)47-19-7-9-21-49(47)55)57-37-59-61(53-25-13-11-23-51(53)57)62-54-26-14-12-24-52(54)58(38-60(62)65-59)64(44-33-29-40(2)30-34-44)56-36-42-16-4-6-18-46(42)48-20-8-10-22-50(48)56/h3-38H,1-2H3. The maximum absolute atomic E-state index is 7.29. The predicted molar refractivity (Wildman–Crippen MR) is 278 cm³/mol. The molecule has 0 aliphatic carbocycles. The van der Waals surface area contributed by atoms with Crippen molar-refractivity contribution >= 4 is 121 Å². The molecule has 0 N–H and O–H groups in total. The molecule has 0 atom stereocenters. The van der Waals surface area contributed by atoms with Crippen molar-refractivity contribution in [2.24, 2.45) is 0 Å². The van der Waals surface area contributed by atoms with E-state index in [1.165, 1.54) is 54.2 Å². The van der Waals surface area contributed by atoms with E-state index in [-0.39, 0.29) is 0 Å². The van der Waals surface area contributed by atoms with Crippen molar-refractivity contribution in [3.05, 3.63) is 230 Å². The third kappa shape index (κ3) is 5.82. The van der Waals surface area contributed by atoms with E-state index in [1.807, 2.05) is 0 Å². The highest BCUT2D eigenvalue weighted by atomic mass is 16.3. The first kappa shape index (κ1) is 37.2. The summed E-state index contributed by atoms with van der Waals surface area (Å²) >= 11 is 0. The average Bonchev–Trinajstić information content (AvgIpc) is 3.74. The summed E-state index contributed by atoms with van der Waals surface area (Å²) in [6, 6.07) is 79.8. The van der Waals surface area contributed by atoms with Gasteiger partial charge < -0.3 is 14.2 Å². The smallest absolute Gasteiger partial charge is 0.138 e. The van der Waals surface area contributed by atoms with Gasteiger partial charge in [0.05, 0.1) is 22.7 Å². The van der Waals surface area contributed by atoms with Crippen molar-refractivity contribution in [2.45, 2.75) is 13.8 Å². The van der Waals surface area contributed by atoms with Crippen molar-refractivity contribution < 1.29 is 4.42 Å². The Balaban J connectivity index is 1.12. The highest BCUT2D eigenvalue weighted by Gasteiger charge is 2.26. The van der Waals surface area contributed by atoms with Gasteiger partial charge in [-0.25, -0.2) is 0 Å². The van der Waals surface area contributed by atoms with Gasteiger partial charge in [-0.1, -0.05) is 181 Å². The average molecular weight is 831 g/mol. The van der Waals surface area contributed by atoms with Gasteiger partial charge in [0.25, 0.3) is 0 Å². The molecule has 0 saturated heterocycles. The Labute approximate surface area is 376 Å². The molecule has 306 valence electrons. The van der Waals surface area contributed by atoms with Crippen LogP contribution in [-0.4, -0.2) is 0 Å². The third-order valence-corrected chi connectivity index (χ3v) is 13.5. The monoisotopic (exact) mass is 830 g/mol. The molecule has 3 heteroatoms. The number of anilines is 6. The molecule has 1 heterocycles. The molecule has 0 unspecified atom stereocenters. The van der Waals surface area contributed by atoms with Crippen LogP contribution >= 0.6 is 0 Å². The first-order chi connectivity index (χ1) is 32.1. The van der Waals surface area contributed by atoms with Gasteiger partial charge in [-0.3, -0.25) is 0 Å². The summed E-state index contributed by atoms with van der Waals surface area (Å²) in [6.45, 7) is 4.30. The second kappa shape index (κ2) is 14.6. The van der Waals surface area contributed by atoms with E-state index >= 15 is 0 Å². The predicted octanol–water partition coefficient (Wildman–Crippen LogP) is 18.1. The first-order valence-corrected chi connectivity index (χ1v) is 22.4. The zero-order chi connectivity index (χ0) is 43.2. The van der Waals surface area contributed by atoms with Crippen LogP contribution in [0.25, 0.3) is 86.6 Å². The van der Waals surface area contributed by atoms with Gasteiger partial charge in [-0.05, 0) is 93.3 Å². The summed E-state index contributed by atoms with van der Waals surface area (Å²) in [7, 11) is 0. The van der Waals surface area contributed by atoms with Crippen LogP contribution in [0.3, 0.4) is 0 Å². The van der Waals surface area contributed by atoms with Crippen molar-refractivity contribution in [1.82, 2.24) is 0 Å². The van der Waals surface area contributed by atoms with Gasteiger partial charge in [0.15, 0.2) is 0 Å². The molecular formula is C62H42N2O. The van der Waals surface area contributed by atoms with E-state index in [0.29, 0.717) is 0 Å². The molecule has 12 aromatic carbocycles. The van der Waals surface area contributed by atoms with Crippen LogP contribution in [0.5, 0.6) is 0 Å².